The first-order chi connectivity index (χ1) is 15.3. The monoisotopic (exact) mass is 452 g/mol. The van der Waals surface area contributed by atoms with E-state index in [0.717, 1.165) is 17.8 Å². The second-order valence-electron chi connectivity index (χ2n) is 6.94. The Morgan fingerprint density at radius 3 is 2.28 bits per heavy atom. The summed E-state index contributed by atoms with van der Waals surface area (Å²) in [6, 6.07) is 19.6. The molecule has 1 amide bonds. The van der Waals surface area contributed by atoms with Crippen LogP contribution in [-0.2, 0) is 11.0 Å². The summed E-state index contributed by atoms with van der Waals surface area (Å²) in [5.74, 6) is -0.414. The summed E-state index contributed by atoms with van der Waals surface area (Å²) in [6.45, 7) is 1.62. The van der Waals surface area contributed by atoms with E-state index >= 15 is 0 Å². The van der Waals surface area contributed by atoms with Crippen LogP contribution >= 0.6 is 11.8 Å². The number of nitrogens with zero attached hydrogens (tertiary/aromatic N) is 4. The van der Waals surface area contributed by atoms with Gasteiger partial charge in [-0.25, -0.2) is 4.98 Å². The SMILES string of the molecule is CC1=NN(c2ccccc2)C(=O)[C@@H]1Sc1nc(-c2ccccc2)cc(C(F)(F)F)c1C#N. The Hall–Kier alpha value is -3.64. The fourth-order valence-electron chi connectivity index (χ4n) is 3.25. The Balaban J connectivity index is 1.77. The largest absolute Gasteiger partial charge is 0.417 e. The molecular formula is C23H15F3N4OS. The van der Waals surface area contributed by atoms with Crippen molar-refractivity contribution in [1.82, 2.24) is 4.98 Å². The van der Waals surface area contributed by atoms with Gasteiger partial charge in [-0.3, -0.25) is 4.79 Å². The number of carbonyl (C=O) groups is 1. The van der Waals surface area contributed by atoms with Crippen molar-refractivity contribution in [2.75, 3.05) is 5.01 Å². The second-order valence-corrected chi connectivity index (χ2v) is 8.03. The van der Waals surface area contributed by atoms with E-state index in [1.165, 1.54) is 5.01 Å². The number of rotatable bonds is 4. The topological polar surface area (TPSA) is 69.3 Å². The Bertz CT molecular complexity index is 1240. The molecule has 4 rings (SSSR count). The number of alkyl halides is 3. The molecule has 0 bridgehead atoms. The third-order valence-corrected chi connectivity index (χ3v) is 6.07. The molecule has 0 saturated heterocycles. The highest BCUT2D eigenvalue weighted by Gasteiger charge is 2.39. The number of benzene rings is 2. The van der Waals surface area contributed by atoms with Crippen LogP contribution < -0.4 is 5.01 Å². The molecule has 0 radical (unpaired) electrons. The smallest absolute Gasteiger partial charge is 0.271 e. The first-order valence-electron chi connectivity index (χ1n) is 9.48. The maximum Gasteiger partial charge on any atom is 0.417 e. The van der Waals surface area contributed by atoms with Gasteiger partial charge in [-0.05, 0) is 25.1 Å². The molecule has 0 aliphatic carbocycles. The van der Waals surface area contributed by atoms with E-state index in [1.54, 1.807) is 73.7 Å². The maximum absolute atomic E-state index is 13.8. The predicted octanol–water partition coefficient (Wildman–Crippen LogP) is 5.52. The van der Waals surface area contributed by atoms with E-state index in [-0.39, 0.29) is 10.7 Å². The van der Waals surface area contributed by atoms with Gasteiger partial charge in [0.2, 0.25) is 0 Å². The summed E-state index contributed by atoms with van der Waals surface area (Å²) in [5.41, 5.74) is -0.203. The van der Waals surface area contributed by atoms with Gasteiger partial charge in [0, 0.05) is 5.56 Å². The molecule has 1 aliphatic heterocycles. The third kappa shape index (κ3) is 4.09. The summed E-state index contributed by atoms with van der Waals surface area (Å²) in [4.78, 5) is 17.3. The minimum atomic E-state index is -4.76. The molecule has 2 aromatic carbocycles. The van der Waals surface area contributed by atoms with Crippen molar-refractivity contribution in [1.29, 1.82) is 5.26 Å². The van der Waals surface area contributed by atoms with E-state index in [0.29, 0.717) is 17.0 Å². The van der Waals surface area contributed by atoms with E-state index in [9.17, 15) is 23.2 Å². The van der Waals surface area contributed by atoms with E-state index in [1.807, 2.05) is 0 Å². The number of hydrazone groups is 1. The van der Waals surface area contributed by atoms with Crippen molar-refractivity contribution < 1.29 is 18.0 Å². The Labute approximate surface area is 186 Å². The normalized spacial score (nSPS) is 16.1. The van der Waals surface area contributed by atoms with Crippen molar-refractivity contribution in [2.45, 2.75) is 23.4 Å². The maximum atomic E-state index is 13.8. The van der Waals surface area contributed by atoms with Gasteiger partial charge in [0.05, 0.1) is 28.2 Å². The van der Waals surface area contributed by atoms with E-state index < -0.39 is 28.5 Å². The standard InChI is InChI=1S/C23H15F3N4OS/c1-14-20(22(31)30(29-14)16-10-6-3-7-11-16)32-21-17(13-27)18(23(24,25)26)12-19(28-21)15-8-4-2-5-9-15/h2-12,20H,1H3/t20-/m1/s1. The number of hydrogen-bond acceptors (Lipinski definition) is 5. The molecule has 32 heavy (non-hydrogen) atoms. The summed E-state index contributed by atoms with van der Waals surface area (Å²) < 4.78 is 41.3. The summed E-state index contributed by atoms with van der Waals surface area (Å²) in [7, 11) is 0. The average Bonchev–Trinajstić information content (AvgIpc) is 3.07. The van der Waals surface area contributed by atoms with Crippen molar-refractivity contribution in [3.05, 3.63) is 77.9 Å². The number of halogens is 3. The minimum Gasteiger partial charge on any atom is -0.271 e. The molecule has 1 aliphatic rings. The molecule has 9 heteroatoms. The molecular weight excluding hydrogens is 437 g/mol. The molecule has 0 N–H and O–H groups in total. The molecule has 0 saturated carbocycles. The lowest BCUT2D eigenvalue weighted by molar-refractivity contribution is -0.138. The van der Waals surface area contributed by atoms with Gasteiger partial charge in [-0.2, -0.15) is 28.5 Å². The van der Waals surface area contributed by atoms with Gasteiger partial charge in [0.25, 0.3) is 5.91 Å². The zero-order chi connectivity index (χ0) is 22.9. The summed E-state index contributed by atoms with van der Waals surface area (Å²) in [6.07, 6.45) is -4.76. The summed E-state index contributed by atoms with van der Waals surface area (Å²) >= 11 is 0.801. The molecule has 2 heterocycles. The minimum absolute atomic E-state index is 0.0689. The first-order valence-corrected chi connectivity index (χ1v) is 10.4. The van der Waals surface area contributed by atoms with Crippen LogP contribution in [0.4, 0.5) is 18.9 Å². The third-order valence-electron chi connectivity index (χ3n) is 4.77. The highest BCUT2D eigenvalue weighted by Crippen LogP contribution is 2.40. The van der Waals surface area contributed by atoms with Gasteiger partial charge in [-0.15, -0.1) is 0 Å². The number of para-hydroxylation sites is 1. The molecule has 0 unspecified atom stereocenters. The Kier molecular flexibility index (Phi) is 5.72. The Morgan fingerprint density at radius 2 is 1.69 bits per heavy atom. The fourth-order valence-corrected chi connectivity index (χ4v) is 4.31. The van der Waals surface area contributed by atoms with Crippen molar-refractivity contribution in [3.8, 4) is 17.3 Å². The molecule has 1 aromatic heterocycles. The quantitative estimate of drug-likeness (QED) is 0.523. The van der Waals surface area contributed by atoms with Gasteiger partial charge in [0.1, 0.15) is 16.3 Å². The van der Waals surface area contributed by atoms with Crippen LogP contribution in [0.2, 0.25) is 0 Å². The zero-order valence-corrected chi connectivity index (χ0v) is 17.5. The van der Waals surface area contributed by atoms with Gasteiger partial charge < -0.3 is 0 Å². The van der Waals surface area contributed by atoms with Crippen LogP contribution in [0.25, 0.3) is 11.3 Å². The molecule has 0 spiro atoms. The van der Waals surface area contributed by atoms with Crippen molar-refractivity contribution in [3.63, 3.8) is 0 Å². The van der Waals surface area contributed by atoms with Gasteiger partial charge in [-0.1, -0.05) is 60.3 Å². The fraction of sp³-hybridized carbons (Fsp3) is 0.130. The number of anilines is 1. The highest BCUT2D eigenvalue weighted by atomic mass is 32.2. The van der Waals surface area contributed by atoms with Crippen LogP contribution in [0.5, 0.6) is 0 Å². The number of amides is 1. The lowest BCUT2D eigenvalue weighted by Crippen LogP contribution is -2.29. The number of nitriles is 1. The first kappa shape index (κ1) is 21.6. The van der Waals surface area contributed by atoms with Crippen LogP contribution in [0.1, 0.15) is 18.1 Å². The van der Waals surface area contributed by atoms with Crippen molar-refractivity contribution in [2.24, 2.45) is 5.10 Å². The number of hydrogen-bond donors (Lipinski definition) is 0. The molecule has 0 fully saturated rings. The summed E-state index contributed by atoms with van der Waals surface area (Å²) in [5, 5.41) is 14.0. The van der Waals surface area contributed by atoms with Crippen molar-refractivity contribution >= 4 is 29.1 Å². The number of carbonyl (C=O) groups excluding carboxylic acids is 1. The number of aromatic nitrogens is 1. The second kappa shape index (κ2) is 8.48. The van der Waals surface area contributed by atoms with Crippen LogP contribution in [0.15, 0.2) is 76.9 Å². The molecule has 160 valence electrons. The molecule has 1 atom stereocenters. The Morgan fingerprint density at radius 1 is 1.06 bits per heavy atom. The predicted molar refractivity (Wildman–Crippen MR) is 116 cm³/mol. The number of pyridine rings is 1. The van der Waals surface area contributed by atoms with Gasteiger partial charge >= 0.3 is 6.18 Å². The number of thioether (sulfide) groups is 1. The highest BCUT2D eigenvalue weighted by molar-refractivity contribution is 8.01. The van der Waals surface area contributed by atoms with Crippen LogP contribution in [0, 0.1) is 11.3 Å². The zero-order valence-electron chi connectivity index (χ0n) is 16.7. The molecule has 5 nitrogen and oxygen atoms in total. The lowest BCUT2D eigenvalue weighted by atomic mass is 10.1. The van der Waals surface area contributed by atoms with Crippen LogP contribution in [-0.4, -0.2) is 21.9 Å². The lowest BCUT2D eigenvalue weighted by Gasteiger charge is -2.17. The molecule has 3 aromatic rings. The van der Waals surface area contributed by atoms with Crippen LogP contribution in [0.3, 0.4) is 0 Å². The average molecular weight is 452 g/mol. The van der Waals surface area contributed by atoms with E-state index in [4.69, 9.17) is 0 Å². The van der Waals surface area contributed by atoms with E-state index in [2.05, 4.69) is 10.1 Å². The van der Waals surface area contributed by atoms with Gasteiger partial charge in [0.15, 0.2) is 0 Å².